The third-order valence-electron chi connectivity index (χ3n) is 4.44. The molecule has 4 aromatic rings. The quantitative estimate of drug-likeness (QED) is 0.448. The van der Waals surface area contributed by atoms with E-state index in [1.54, 1.807) is 24.5 Å². The first-order valence-corrected chi connectivity index (χ1v) is 9.50. The molecule has 0 radical (unpaired) electrons. The molecular formula is C23H18ClFN4. The molecule has 4 rings (SSSR count). The van der Waals surface area contributed by atoms with E-state index in [9.17, 15) is 4.39 Å². The van der Waals surface area contributed by atoms with Crippen LogP contribution in [0.4, 0.5) is 10.2 Å². The molecule has 2 aromatic carbocycles. The zero-order valence-electron chi connectivity index (χ0n) is 15.7. The average Bonchev–Trinajstić information content (AvgIpc) is 2.74. The summed E-state index contributed by atoms with van der Waals surface area (Å²) in [6.45, 7) is 2.48. The van der Waals surface area contributed by atoms with E-state index in [0.29, 0.717) is 17.4 Å². The van der Waals surface area contributed by atoms with Crippen LogP contribution in [0.1, 0.15) is 11.4 Å². The molecule has 0 amide bonds. The number of benzene rings is 2. The van der Waals surface area contributed by atoms with Crippen molar-refractivity contribution < 1.29 is 4.39 Å². The van der Waals surface area contributed by atoms with E-state index >= 15 is 0 Å². The summed E-state index contributed by atoms with van der Waals surface area (Å²) in [5, 5.41) is 4.04. The standard InChI is InChI=1S/C23H18ClFN4/c1-15-28-22(11-23(29-15)27-12-16-2-6-20(24)7-3-16)19-10-18(13-26-14-19)17-4-8-21(25)9-5-17/h2-11,13-14H,12H2,1H3,(H,27,28,29). The minimum absolute atomic E-state index is 0.263. The summed E-state index contributed by atoms with van der Waals surface area (Å²) in [5.74, 6) is 1.13. The lowest BCUT2D eigenvalue weighted by molar-refractivity contribution is 0.628. The van der Waals surface area contributed by atoms with Gasteiger partial charge in [-0.1, -0.05) is 35.9 Å². The summed E-state index contributed by atoms with van der Waals surface area (Å²) >= 11 is 5.94. The summed E-state index contributed by atoms with van der Waals surface area (Å²) in [7, 11) is 0. The van der Waals surface area contributed by atoms with E-state index in [1.807, 2.05) is 43.3 Å². The highest BCUT2D eigenvalue weighted by molar-refractivity contribution is 6.30. The second-order valence-corrected chi connectivity index (χ2v) is 7.07. The molecule has 1 N–H and O–H groups in total. The van der Waals surface area contributed by atoms with Gasteiger partial charge in [0.1, 0.15) is 17.5 Å². The van der Waals surface area contributed by atoms with Crippen LogP contribution in [0.25, 0.3) is 22.4 Å². The van der Waals surface area contributed by atoms with Gasteiger partial charge < -0.3 is 5.32 Å². The van der Waals surface area contributed by atoms with Crippen LogP contribution in [0.3, 0.4) is 0 Å². The van der Waals surface area contributed by atoms with Gasteiger partial charge in [-0.05, 0) is 48.4 Å². The fourth-order valence-corrected chi connectivity index (χ4v) is 3.11. The van der Waals surface area contributed by atoms with Crippen molar-refractivity contribution in [3.63, 3.8) is 0 Å². The monoisotopic (exact) mass is 404 g/mol. The molecule has 29 heavy (non-hydrogen) atoms. The molecule has 2 heterocycles. The fraction of sp³-hybridized carbons (Fsp3) is 0.0870. The molecule has 0 spiro atoms. The van der Waals surface area contributed by atoms with E-state index in [0.717, 1.165) is 33.8 Å². The molecule has 0 fully saturated rings. The number of nitrogens with zero attached hydrogens (tertiary/aromatic N) is 3. The third-order valence-corrected chi connectivity index (χ3v) is 4.69. The number of hydrogen-bond donors (Lipinski definition) is 1. The number of hydrogen-bond acceptors (Lipinski definition) is 4. The Morgan fingerprint density at radius 3 is 2.34 bits per heavy atom. The number of rotatable bonds is 5. The van der Waals surface area contributed by atoms with E-state index in [1.165, 1.54) is 12.1 Å². The van der Waals surface area contributed by atoms with Crippen LogP contribution in [-0.2, 0) is 6.54 Å². The van der Waals surface area contributed by atoms with Crippen LogP contribution in [0.15, 0.2) is 73.1 Å². The Balaban J connectivity index is 1.59. The summed E-state index contributed by atoms with van der Waals surface area (Å²) in [5.41, 5.74) is 4.54. The van der Waals surface area contributed by atoms with Crippen molar-refractivity contribution in [2.24, 2.45) is 0 Å². The third kappa shape index (κ3) is 4.76. The average molecular weight is 405 g/mol. The maximum Gasteiger partial charge on any atom is 0.130 e. The number of anilines is 1. The molecule has 6 heteroatoms. The second kappa shape index (κ2) is 8.37. The van der Waals surface area contributed by atoms with Crippen LogP contribution in [-0.4, -0.2) is 15.0 Å². The number of nitrogens with one attached hydrogen (secondary N) is 1. The fourth-order valence-electron chi connectivity index (χ4n) is 2.98. The van der Waals surface area contributed by atoms with Crippen molar-refractivity contribution in [1.29, 1.82) is 0 Å². The lowest BCUT2D eigenvalue weighted by Gasteiger charge is -2.10. The van der Waals surface area contributed by atoms with Crippen molar-refractivity contribution in [1.82, 2.24) is 15.0 Å². The highest BCUT2D eigenvalue weighted by atomic mass is 35.5. The molecule has 144 valence electrons. The predicted molar refractivity (Wildman–Crippen MR) is 114 cm³/mol. The Labute approximate surface area is 173 Å². The largest absolute Gasteiger partial charge is 0.366 e. The van der Waals surface area contributed by atoms with Crippen LogP contribution < -0.4 is 5.32 Å². The number of halogens is 2. The van der Waals surface area contributed by atoms with Gasteiger partial charge in [-0.15, -0.1) is 0 Å². The van der Waals surface area contributed by atoms with Crippen molar-refractivity contribution in [3.8, 4) is 22.4 Å². The maximum absolute atomic E-state index is 13.2. The molecular weight excluding hydrogens is 387 g/mol. The summed E-state index contributed by atoms with van der Waals surface area (Å²) in [6.07, 6.45) is 3.52. The van der Waals surface area contributed by atoms with Crippen molar-refractivity contribution in [2.75, 3.05) is 5.32 Å². The zero-order valence-corrected chi connectivity index (χ0v) is 16.5. The lowest BCUT2D eigenvalue weighted by atomic mass is 10.0. The molecule has 0 aliphatic rings. The van der Waals surface area contributed by atoms with Gasteiger partial charge >= 0.3 is 0 Å². The Kier molecular flexibility index (Phi) is 5.49. The van der Waals surface area contributed by atoms with E-state index in [4.69, 9.17) is 11.6 Å². The Hall–Kier alpha value is -3.31. The predicted octanol–water partition coefficient (Wildman–Crippen LogP) is 5.92. The number of pyridine rings is 1. The lowest BCUT2D eigenvalue weighted by Crippen LogP contribution is -2.04. The van der Waals surface area contributed by atoms with E-state index in [-0.39, 0.29) is 5.82 Å². The highest BCUT2D eigenvalue weighted by Gasteiger charge is 2.08. The van der Waals surface area contributed by atoms with E-state index in [2.05, 4.69) is 20.3 Å². The van der Waals surface area contributed by atoms with Gasteiger partial charge in [-0.25, -0.2) is 14.4 Å². The molecule has 0 saturated carbocycles. The van der Waals surface area contributed by atoms with E-state index < -0.39 is 0 Å². The van der Waals surface area contributed by atoms with Crippen LogP contribution in [0.2, 0.25) is 5.02 Å². The van der Waals surface area contributed by atoms with Gasteiger partial charge in [-0.3, -0.25) is 4.98 Å². The van der Waals surface area contributed by atoms with Gasteiger partial charge in [-0.2, -0.15) is 0 Å². The SMILES string of the molecule is Cc1nc(NCc2ccc(Cl)cc2)cc(-c2cncc(-c3ccc(F)cc3)c2)n1. The first kappa shape index (κ1) is 19.0. The normalized spacial score (nSPS) is 10.7. The summed E-state index contributed by atoms with van der Waals surface area (Å²) in [6, 6.07) is 17.9. The smallest absolute Gasteiger partial charge is 0.130 e. The first-order valence-electron chi connectivity index (χ1n) is 9.12. The Morgan fingerprint density at radius 2 is 1.59 bits per heavy atom. The Morgan fingerprint density at radius 1 is 0.862 bits per heavy atom. The van der Waals surface area contributed by atoms with Crippen molar-refractivity contribution in [2.45, 2.75) is 13.5 Å². The second-order valence-electron chi connectivity index (χ2n) is 6.63. The first-order chi connectivity index (χ1) is 14.1. The minimum Gasteiger partial charge on any atom is -0.366 e. The van der Waals surface area contributed by atoms with Crippen molar-refractivity contribution >= 4 is 17.4 Å². The molecule has 0 unspecified atom stereocenters. The molecule has 0 bridgehead atoms. The van der Waals surface area contributed by atoms with Gasteiger partial charge in [0.2, 0.25) is 0 Å². The number of aryl methyl sites for hydroxylation is 1. The topological polar surface area (TPSA) is 50.7 Å². The van der Waals surface area contributed by atoms with Gasteiger partial charge in [0.15, 0.2) is 0 Å². The molecule has 0 aliphatic carbocycles. The molecule has 0 saturated heterocycles. The Bertz CT molecular complexity index is 1130. The zero-order chi connectivity index (χ0) is 20.2. The molecule has 4 nitrogen and oxygen atoms in total. The summed E-state index contributed by atoms with van der Waals surface area (Å²) in [4.78, 5) is 13.4. The molecule has 0 aliphatic heterocycles. The highest BCUT2D eigenvalue weighted by Crippen LogP contribution is 2.26. The van der Waals surface area contributed by atoms with Crippen molar-refractivity contribution in [3.05, 3.63) is 95.3 Å². The van der Waals surface area contributed by atoms with Crippen LogP contribution in [0.5, 0.6) is 0 Å². The maximum atomic E-state index is 13.2. The van der Waals surface area contributed by atoms with Crippen LogP contribution >= 0.6 is 11.6 Å². The van der Waals surface area contributed by atoms with Crippen LogP contribution in [0, 0.1) is 12.7 Å². The van der Waals surface area contributed by atoms with Gasteiger partial charge in [0.05, 0.1) is 5.69 Å². The van der Waals surface area contributed by atoms with Gasteiger partial charge in [0, 0.05) is 41.2 Å². The molecule has 2 aromatic heterocycles. The number of aromatic nitrogens is 3. The summed E-state index contributed by atoms with van der Waals surface area (Å²) < 4.78 is 13.2. The minimum atomic E-state index is -0.263. The van der Waals surface area contributed by atoms with Gasteiger partial charge in [0.25, 0.3) is 0 Å². The molecule has 0 atom stereocenters.